The molecule has 0 aliphatic heterocycles. The van der Waals surface area contributed by atoms with Crippen LogP contribution in [-0.4, -0.2) is 13.5 Å². The van der Waals surface area contributed by atoms with Crippen molar-refractivity contribution in [1.29, 1.82) is 0 Å². The maximum Gasteiger partial charge on any atom is 0.238 e. The van der Waals surface area contributed by atoms with Crippen LogP contribution in [-0.2, 0) is 16.6 Å². The summed E-state index contributed by atoms with van der Waals surface area (Å²) in [6.07, 6.45) is 0. The van der Waals surface area contributed by atoms with Crippen LogP contribution in [0.2, 0.25) is 5.02 Å². The summed E-state index contributed by atoms with van der Waals surface area (Å²) >= 11 is 6.02. The van der Waals surface area contributed by atoms with E-state index in [1.807, 2.05) is 6.92 Å². The summed E-state index contributed by atoms with van der Waals surface area (Å²) < 4.78 is 22.7. The number of rotatable bonds is 4. The van der Waals surface area contributed by atoms with Crippen molar-refractivity contribution in [2.24, 2.45) is 5.14 Å². The first-order valence-corrected chi connectivity index (χ1v) is 8.05. The minimum Gasteiger partial charge on any atom is -0.508 e. The first-order chi connectivity index (χ1) is 9.79. The van der Waals surface area contributed by atoms with Gasteiger partial charge in [-0.25, -0.2) is 13.6 Å². The molecular weight excluding hydrogens is 312 g/mol. The highest BCUT2D eigenvalue weighted by molar-refractivity contribution is 7.89. The van der Waals surface area contributed by atoms with Crippen LogP contribution >= 0.6 is 11.6 Å². The number of hydrogen-bond acceptors (Lipinski definition) is 4. The van der Waals surface area contributed by atoms with E-state index in [2.05, 4.69) is 5.32 Å². The fourth-order valence-corrected chi connectivity index (χ4v) is 2.65. The molecule has 4 N–H and O–H groups in total. The number of anilines is 1. The van der Waals surface area contributed by atoms with Gasteiger partial charge in [0.15, 0.2) is 0 Å². The van der Waals surface area contributed by atoms with Crippen molar-refractivity contribution >= 4 is 27.3 Å². The van der Waals surface area contributed by atoms with Crippen molar-refractivity contribution in [2.75, 3.05) is 5.32 Å². The monoisotopic (exact) mass is 326 g/mol. The second-order valence-corrected chi connectivity index (χ2v) is 6.58. The standard InChI is InChI=1S/C14H15ClN2O3S/c1-9-5-6-10(21(16,19)20)7-13(9)17-8-11-12(15)3-2-4-14(11)18/h2-7,17-18H,8H2,1H3,(H2,16,19,20). The summed E-state index contributed by atoms with van der Waals surface area (Å²) in [5, 5.41) is 18.4. The van der Waals surface area contributed by atoms with Crippen molar-refractivity contribution in [2.45, 2.75) is 18.4 Å². The van der Waals surface area contributed by atoms with E-state index < -0.39 is 10.0 Å². The third-order valence-electron chi connectivity index (χ3n) is 3.09. The van der Waals surface area contributed by atoms with E-state index in [-0.39, 0.29) is 17.2 Å². The normalized spacial score (nSPS) is 11.4. The van der Waals surface area contributed by atoms with Gasteiger partial charge in [-0.05, 0) is 36.8 Å². The zero-order chi connectivity index (χ0) is 15.6. The third kappa shape index (κ3) is 3.66. The first-order valence-electron chi connectivity index (χ1n) is 6.12. The smallest absolute Gasteiger partial charge is 0.238 e. The summed E-state index contributed by atoms with van der Waals surface area (Å²) in [7, 11) is -3.76. The van der Waals surface area contributed by atoms with Gasteiger partial charge in [-0.15, -0.1) is 0 Å². The molecule has 7 heteroatoms. The van der Waals surface area contributed by atoms with E-state index in [1.165, 1.54) is 18.2 Å². The highest BCUT2D eigenvalue weighted by atomic mass is 35.5. The molecule has 0 radical (unpaired) electrons. The van der Waals surface area contributed by atoms with Crippen molar-refractivity contribution in [3.05, 3.63) is 52.5 Å². The Morgan fingerprint density at radius 1 is 1.29 bits per heavy atom. The second-order valence-electron chi connectivity index (χ2n) is 4.61. The molecule has 112 valence electrons. The fraction of sp³-hybridized carbons (Fsp3) is 0.143. The summed E-state index contributed by atoms with van der Waals surface area (Å²) in [6.45, 7) is 2.10. The van der Waals surface area contributed by atoms with Crippen LogP contribution < -0.4 is 10.5 Å². The Hall–Kier alpha value is -1.76. The van der Waals surface area contributed by atoms with E-state index in [9.17, 15) is 13.5 Å². The van der Waals surface area contributed by atoms with Gasteiger partial charge in [-0.2, -0.15) is 0 Å². The molecule has 0 aliphatic carbocycles. The number of sulfonamides is 1. The average Bonchev–Trinajstić information content (AvgIpc) is 2.38. The van der Waals surface area contributed by atoms with Gasteiger partial charge in [0.05, 0.1) is 4.90 Å². The summed E-state index contributed by atoms with van der Waals surface area (Å²) in [6, 6.07) is 9.42. The Labute approximate surface area is 128 Å². The van der Waals surface area contributed by atoms with E-state index in [0.29, 0.717) is 16.3 Å². The molecule has 0 spiro atoms. The molecule has 0 saturated carbocycles. The molecule has 2 aromatic rings. The minimum atomic E-state index is -3.76. The Bertz CT molecular complexity index is 756. The predicted molar refractivity (Wildman–Crippen MR) is 83.0 cm³/mol. The third-order valence-corrected chi connectivity index (χ3v) is 4.35. The molecule has 0 atom stereocenters. The van der Waals surface area contributed by atoms with Crippen LogP contribution in [0.1, 0.15) is 11.1 Å². The molecule has 2 rings (SSSR count). The number of phenols is 1. The number of nitrogens with two attached hydrogens (primary N) is 1. The van der Waals surface area contributed by atoms with Crippen LogP contribution in [0.4, 0.5) is 5.69 Å². The van der Waals surface area contributed by atoms with Gasteiger partial charge < -0.3 is 10.4 Å². The lowest BCUT2D eigenvalue weighted by atomic mass is 10.1. The number of benzene rings is 2. The molecular formula is C14H15ClN2O3S. The molecule has 0 unspecified atom stereocenters. The number of aryl methyl sites for hydroxylation is 1. The number of aromatic hydroxyl groups is 1. The topological polar surface area (TPSA) is 92.4 Å². The van der Waals surface area contributed by atoms with Crippen LogP contribution in [0.5, 0.6) is 5.75 Å². The lowest BCUT2D eigenvalue weighted by molar-refractivity contribution is 0.469. The van der Waals surface area contributed by atoms with Gasteiger partial charge in [0.25, 0.3) is 0 Å². The SMILES string of the molecule is Cc1ccc(S(N)(=O)=O)cc1NCc1c(O)cccc1Cl. The van der Waals surface area contributed by atoms with Gasteiger partial charge >= 0.3 is 0 Å². The quantitative estimate of drug-likeness (QED) is 0.805. The van der Waals surface area contributed by atoms with E-state index in [1.54, 1.807) is 18.2 Å². The molecule has 0 heterocycles. The number of hydrogen-bond donors (Lipinski definition) is 3. The molecule has 0 bridgehead atoms. The van der Waals surface area contributed by atoms with Gasteiger partial charge in [0, 0.05) is 22.8 Å². The predicted octanol–water partition coefficient (Wildman–Crippen LogP) is 2.61. The van der Waals surface area contributed by atoms with Crippen LogP contribution in [0.15, 0.2) is 41.3 Å². The summed E-state index contributed by atoms with van der Waals surface area (Å²) in [5.74, 6) is 0.0789. The van der Waals surface area contributed by atoms with E-state index >= 15 is 0 Å². The Kier molecular flexibility index (Phi) is 4.41. The number of nitrogens with one attached hydrogen (secondary N) is 1. The summed E-state index contributed by atoms with van der Waals surface area (Å²) in [5.41, 5.74) is 2.01. The molecule has 5 nitrogen and oxygen atoms in total. The van der Waals surface area contributed by atoms with E-state index in [0.717, 1.165) is 5.56 Å². The highest BCUT2D eigenvalue weighted by Gasteiger charge is 2.11. The Morgan fingerprint density at radius 2 is 2.00 bits per heavy atom. The second kappa shape index (κ2) is 5.93. The number of phenolic OH excluding ortho intramolecular Hbond substituents is 1. The van der Waals surface area contributed by atoms with Crippen molar-refractivity contribution in [3.63, 3.8) is 0 Å². The minimum absolute atomic E-state index is 0.0268. The fourth-order valence-electron chi connectivity index (χ4n) is 1.87. The van der Waals surface area contributed by atoms with Gasteiger partial charge in [-0.3, -0.25) is 0 Å². The molecule has 2 aromatic carbocycles. The first kappa shape index (κ1) is 15.6. The Balaban J connectivity index is 2.28. The Morgan fingerprint density at radius 3 is 2.62 bits per heavy atom. The van der Waals surface area contributed by atoms with Crippen LogP contribution in [0.3, 0.4) is 0 Å². The lowest BCUT2D eigenvalue weighted by Crippen LogP contribution is -2.13. The van der Waals surface area contributed by atoms with Crippen molar-refractivity contribution < 1.29 is 13.5 Å². The zero-order valence-corrected chi connectivity index (χ0v) is 12.9. The molecule has 0 aliphatic rings. The molecule has 0 aromatic heterocycles. The van der Waals surface area contributed by atoms with Crippen LogP contribution in [0, 0.1) is 6.92 Å². The number of primary sulfonamides is 1. The van der Waals surface area contributed by atoms with Crippen LogP contribution in [0.25, 0.3) is 0 Å². The molecule has 21 heavy (non-hydrogen) atoms. The highest BCUT2D eigenvalue weighted by Crippen LogP contribution is 2.27. The molecule has 0 amide bonds. The number of halogens is 1. The van der Waals surface area contributed by atoms with Crippen molar-refractivity contribution in [3.8, 4) is 5.75 Å². The van der Waals surface area contributed by atoms with Gasteiger partial charge in [-0.1, -0.05) is 23.7 Å². The van der Waals surface area contributed by atoms with E-state index in [4.69, 9.17) is 16.7 Å². The van der Waals surface area contributed by atoms with Crippen molar-refractivity contribution in [1.82, 2.24) is 0 Å². The van der Waals surface area contributed by atoms with Gasteiger partial charge in [0.2, 0.25) is 10.0 Å². The molecule has 0 saturated heterocycles. The average molecular weight is 327 g/mol. The maximum atomic E-state index is 11.4. The lowest BCUT2D eigenvalue weighted by Gasteiger charge is -2.13. The molecule has 0 fully saturated rings. The maximum absolute atomic E-state index is 11.4. The summed E-state index contributed by atoms with van der Waals surface area (Å²) in [4.78, 5) is 0.0268. The van der Waals surface area contributed by atoms with Gasteiger partial charge in [0.1, 0.15) is 5.75 Å². The zero-order valence-electron chi connectivity index (χ0n) is 11.3. The largest absolute Gasteiger partial charge is 0.508 e.